The van der Waals surface area contributed by atoms with Crippen LogP contribution in [0.2, 0.25) is 0 Å². The average molecular weight is 238 g/mol. The molecule has 1 saturated heterocycles. The van der Waals surface area contributed by atoms with Gasteiger partial charge in [0.15, 0.2) is 5.54 Å². The number of carbonyl (C=O) groups excluding carboxylic acids is 1. The number of amides is 1. The van der Waals surface area contributed by atoms with Crippen LogP contribution in [0.25, 0.3) is 0 Å². The number of hydrogen-bond acceptors (Lipinski definition) is 2. The standard InChI is InChI=1S/C10H17F3N2O/c1-8(2)4-5-15(6-8)7(16)9(3,14)10(11,12)13/h4-6,14H2,1-3H3/t9-/m1/s1. The first kappa shape index (κ1) is 13.3. The molecule has 0 bridgehead atoms. The second kappa shape index (κ2) is 3.61. The molecule has 0 aliphatic carbocycles. The van der Waals surface area contributed by atoms with E-state index in [-0.39, 0.29) is 5.41 Å². The van der Waals surface area contributed by atoms with Crippen LogP contribution >= 0.6 is 0 Å². The first-order valence-corrected chi connectivity index (χ1v) is 5.12. The van der Waals surface area contributed by atoms with E-state index in [4.69, 9.17) is 5.73 Å². The van der Waals surface area contributed by atoms with Crippen LogP contribution < -0.4 is 5.73 Å². The summed E-state index contributed by atoms with van der Waals surface area (Å²) in [5.74, 6) is -1.04. The van der Waals surface area contributed by atoms with Crippen LogP contribution in [0.3, 0.4) is 0 Å². The molecule has 1 aliphatic heterocycles. The molecule has 0 unspecified atom stereocenters. The summed E-state index contributed by atoms with van der Waals surface area (Å²) >= 11 is 0. The van der Waals surface area contributed by atoms with Gasteiger partial charge in [-0.1, -0.05) is 13.8 Å². The Hall–Kier alpha value is -0.780. The number of rotatable bonds is 1. The molecule has 2 N–H and O–H groups in total. The molecule has 0 saturated carbocycles. The van der Waals surface area contributed by atoms with Crippen molar-refractivity contribution >= 4 is 5.91 Å². The second-order valence-corrected chi connectivity index (χ2v) is 5.34. The molecule has 1 fully saturated rings. The monoisotopic (exact) mass is 238 g/mol. The first-order chi connectivity index (χ1) is 6.97. The fraction of sp³-hybridized carbons (Fsp3) is 0.900. The molecule has 0 spiro atoms. The highest BCUT2D eigenvalue weighted by Gasteiger charge is 2.56. The van der Waals surface area contributed by atoms with Gasteiger partial charge in [0.2, 0.25) is 0 Å². The fourth-order valence-electron chi connectivity index (χ4n) is 1.74. The van der Waals surface area contributed by atoms with Gasteiger partial charge in [0.1, 0.15) is 0 Å². The quantitative estimate of drug-likeness (QED) is 0.753. The molecule has 3 nitrogen and oxygen atoms in total. The summed E-state index contributed by atoms with van der Waals surface area (Å²) in [4.78, 5) is 12.9. The van der Waals surface area contributed by atoms with Gasteiger partial charge in [0.05, 0.1) is 0 Å². The summed E-state index contributed by atoms with van der Waals surface area (Å²) in [6, 6.07) is 0. The Kier molecular flexibility index (Phi) is 3.00. The van der Waals surface area contributed by atoms with E-state index in [0.29, 0.717) is 19.5 Å². The smallest absolute Gasteiger partial charge is 0.340 e. The van der Waals surface area contributed by atoms with Crippen molar-refractivity contribution in [3.63, 3.8) is 0 Å². The highest BCUT2D eigenvalue weighted by atomic mass is 19.4. The van der Waals surface area contributed by atoms with Crippen molar-refractivity contribution in [3.05, 3.63) is 0 Å². The van der Waals surface area contributed by atoms with E-state index < -0.39 is 17.6 Å². The van der Waals surface area contributed by atoms with E-state index in [9.17, 15) is 18.0 Å². The lowest BCUT2D eigenvalue weighted by Crippen LogP contribution is -2.61. The van der Waals surface area contributed by atoms with Gasteiger partial charge in [-0.3, -0.25) is 4.79 Å². The lowest BCUT2D eigenvalue weighted by Gasteiger charge is -2.31. The fourth-order valence-corrected chi connectivity index (χ4v) is 1.74. The number of alkyl halides is 3. The molecule has 1 heterocycles. The number of nitrogens with two attached hydrogens (primary N) is 1. The summed E-state index contributed by atoms with van der Waals surface area (Å²) in [5.41, 5.74) is 2.18. The van der Waals surface area contributed by atoms with Gasteiger partial charge in [-0.15, -0.1) is 0 Å². The van der Waals surface area contributed by atoms with Crippen molar-refractivity contribution < 1.29 is 18.0 Å². The second-order valence-electron chi connectivity index (χ2n) is 5.34. The molecule has 6 heteroatoms. The Labute approximate surface area is 92.8 Å². The van der Waals surface area contributed by atoms with Crippen molar-refractivity contribution in [2.75, 3.05) is 13.1 Å². The minimum absolute atomic E-state index is 0.128. The molecular formula is C10H17F3N2O. The highest BCUT2D eigenvalue weighted by molar-refractivity contribution is 5.87. The Balaban J connectivity index is 2.81. The van der Waals surface area contributed by atoms with Crippen LogP contribution in [0.15, 0.2) is 0 Å². The highest BCUT2D eigenvalue weighted by Crippen LogP contribution is 2.34. The zero-order valence-corrected chi connectivity index (χ0v) is 9.69. The maximum absolute atomic E-state index is 12.6. The Bertz CT molecular complexity index is 297. The summed E-state index contributed by atoms with van der Waals surface area (Å²) in [7, 11) is 0. The molecule has 1 aliphatic rings. The third-order valence-corrected chi connectivity index (χ3v) is 3.00. The summed E-state index contributed by atoms with van der Waals surface area (Å²) in [6.07, 6.45) is -4.01. The van der Waals surface area contributed by atoms with E-state index in [2.05, 4.69) is 0 Å². The van der Waals surface area contributed by atoms with E-state index in [1.807, 2.05) is 13.8 Å². The van der Waals surface area contributed by atoms with Gasteiger partial charge in [0, 0.05) is 13.1 Å². The van der Waals surface area contributed by atoms with Crippen molar-refractivity contribution in [3.8, 4) is 0 Å². The van der Waals surface area contributed by atoms with Gasteiger partial charge >= 0.3 is 6.18 Å². The summed E-state index contributed by atoms with van der Waals surface area (Å²) in [6.45, 7) is 5.23. The van der Waals surface area contributed by atoms with Crippen molar-refractivity contribution in [2.24, 2.45) is 11.1 Å². The van der Waals surface area contributed by atoms with Crippen LogP contribution in [-0.2, 0) is 4.79 Å². The Morgan fingerprint density at radius 2 is 1.88 bits per heavy atom. The SMILES string of the molecule is CC1(C)CCN(C(=O)[C@@](C)(N)C(F)(F)F)C1. The molecule has 1 rings (SSSR count). The first-order valence-electron chi connectivity index (χ1n) is 5.12. The van der Waals surface area contributed by atoms with Crippen LogP contribution in [0.1, 0.15) is 27.2 Å². The molecular weight excluding hydrogens is 221 g/mol. The zero-order chi connectivity index (χ0) is 12.8. The third kappa shape index (κ3) is 2.31. The van der Waals surface area contributed by atoms with Gasteiger partial charge in [-0.25, -0.2) is 0 Å². The topological polar surface area (TPSA) is 46.3 Å². The molecule has 0 aromatic rings. The predicted molar refractivity (Wildman–Crippen MR) is 53.6 cm³/mol. The normalized spacial score (nSPS) is 24.3. The molecule has 0 aromatic heterocycles. The minimum Gasteiger partial charge on any atom is -0.340 e. The Morgan fingerprint density at radius 1 is 1.38 bits per heavy atom. The lowest BCUT2D eigenvalue weighted by atomic mass is 9.93. The van der Waals surface area contributed by atoms with Gasteiger partial charge in [0.25, 0.3) is 5.91 Å². The van der Waals surface area contributed by atoms with Crippen LogP contribution in [0, 0.1) is 5.41 Å². The van der Waals surface area contributed by atoms with Crippen molar-refractivity contribution in [1.82, 2.24) is 4.90 Å². The van der Waals surface area contributed by atoms with Gasteiger partial charge in [-0.2, -0.15) is 13.2 Å². The summed E-state index contributed by atoms with van der Waals surface area (Å²) in [5, 5.41) is 0. The number of nitrogens with zero attached hydrogens (tertiary/aromatic N) is 1. The number of carbonyl (C=O) groups is 1. The largest absolute Gasteiger partial charge is 0.415 e. The van der Waals surface area contributed by atoms with E-state index in [0.717, 1.165) is 6.92 Å². The van der Waals surface area contributed by atoms with Crippen LogP contribution in [-0.4, -0.2) is 35.6 Å². The van der Waals surface area contributed by atoms with E-state index in [1.54, 1.807) is 0 Å². The molecule has 0 radical (unpaired) electrons. The minimum atomic E-state index is -4.71. The van der Waals surface area contributed by atoms with Crippen molar-refractivity contribution in [2.45, 2.75) is 38.9 Å². The molecule has 94 valence electrons. The summed E-state index contributed by atoms with van der Waals surface area (Å²) < 4.78 is 37.7. The third-order valence-electron chi connectivity index (χ3n) is 3.00. The molecule has 0 aromatic carbocycles. The van der Waals surface area contributed by atoms with Crippen LogP contribution in [0.5, 0.6) is 0 Å². The van der Waals surface area contributed by atoms with Gasteiger partial charge < -0.3 is 10.6 Å². The maximum Gasteiger partial charge on any atom is 0.415 e. The van der Waals surface area contributed by atoms with Gasteiger partial charge in [-0.05, 0) is 18.8 Å². The van der Waals surface area contributed by atoms with Crippen molar-refractivity contribution in [1.29, 1.82) is 0 Å². The zero-order valence-electron chi connectivity index (χ0n) is 9.69. The van der Waals surface area contributed by atoms with E-state index >= 15 is 0 Å². The maximum atomic E-state index is 12.6. The predicted octanol–water partition coefficient (Wildman–Crippen LogP) is 1.52. The van der Waals surface area contributed by atoms with E-state index in [1.165, 1.54) is 4.90 Å². The number of hydrogen-bond donors (Lipinski definition) is 1. The Morgan fingerprint density at radius 3 is 2.19 bits per heavy atom. The molecule has 1 amide bonds. The number of likely N-dealkylation sites (tertiary alicyclic amines) is 1. The average Bonchev–Trinajstić information content (AvgIpc) is 2.42. The molecule has 1 atom stereocenters. The lowest BCUT2D eigenvalue weighted by molar-refractivity contribution is -0.193. The number of halogens is 3. The molecule has 16 heavy (non-hydrogen) atoms. The van der Waals surface area contributed by atoms with Crippen LogP contribution in [0.4, 0.5) is 13.2 Å².